The van der Waals surface area contributed by atoms with Crippen molar-refractivity contribution in [2.24, 2.45) is 0 Å². The fourth-order valence-electron chi connectivity index (χ4n) is 2.75. The Hall–Kier alpha value is -2.71. The summed E-state index contributed by atoms with van der Waals surface area (Å²) >= 11 is 1.02. The smallest absolute Gasteiger partial charge is 0.267 e. The molecule has 0 spiro atoms. The summed E-state index contributed by atoms with van der Waals surface area (Å²) in [6.07, 6.45) is 0.852. The summed E-state index contributed by atoms with van der Waals surface area (Å²) in [5.74, 6) is -1.05. The summed E-state index contributed by atoms with van der Waals surface area (Å²) in [5, 5.41) is 4.11. The van der Waals surface area contributed by atoms with Crippen LogP contribution in [0.25, 0.3) is 0 Å². The van der Waals surface area contributed by atoms with Crippen LogP contribution >= 0.6 is 11.3 Å². The van der Waals surface area contributed by atoms with E-state index in [0.717, 1.165) is 27.6 Å². The maximum atomic E-state index is 13.7. The van der Waals surface area contributed by atoms with Crippen LogP contribution in [0.2, 0.25) is 0 Å². The standard InChI is InChI=1S/C21H21FN2O3S2/c1-4-15-6-9-17(10-7-15)24(3)29(26,27)19-11-12-28-20(19)21(25)23-16-8-5-14(2)18(22)13-16/h5-13H,4H2,1-3H3,(H,23,25). The number of aryl methyl sites for hydroxylation is 2. The molecule has 0 fully saturated rings. The molecule has 1 amide bonds. The van der Waals surface area contributed by atoms with Gasteiger partial charge in [0.25, 0.3) is 15.9 Å². The molecule has 3 aromatic rings. The van der Waals surface area contributed by atoms with E-state index in [2.05, 4.69) is 5.32 Å². The molecular formula is C21H21FN2O3S2. The Labute approximate surface area is 173 Å². The van der Waals surface area contributed by atoms with E-state index in [1.54, 1.807) is 36.6 Å². The van der Waals surface area contributed by atoms with Crippen LogP contribution in [0.15, 0.2) is 58.8 Å². The molecule has 0 unspecified atom stereocenters. The first kappa shape index (κ1) is 21.0. The molecule has 0 radical (unpaired) electrons. The third kappa shape index (κ3) is 4.33. The largest absolute Gasteiger partial charge is 0.321 e. The highest BCUT2D eigenvalue weighted by molar-refractivity contribution is 7.93. The highest BCUT2D eigenvalue weighted by Gasteiger charge is 2.28. The molecule has 3 rings (SSSR count). The van der Waals surface area contributed by atoms with E-state index < -0.39 is 21.7 Å². The molecule has 29 heavy (non-hydrogen) atoms. The predicted molar refractivity (Wildman–Crippen MR) is 115 cm³/mol. The summed E-state index contributed by atoms with van der Waals surface area (Å²) in [5.41, 5.74) is 2.32. The van der Waals surface area contributed by atoms with Gasteiger partial charge in [0.2, 0.25) is 0 Å². The number of sulfonamides is 1. The lowest BCUT2D eigenvalue weighted by atomic mass is 10.1. The van der Waals surface area contributed by atoms with Crippen LogP contribution in [0.3, 0.4) is 0 Å². The van der Waals surface area contributed by atoms with E-state index in [1.165, 1.54) is 19.2 Å². The van der Waals surface area contributed by atoms with Gasteiger partial charge in [-0.1, -0.05) is 25.1 Å². The molecule has 152 valence electrons. The number of thiophene rings is 1. The summed E-state index contributed by atoms with van der Waals surface area (Å²) in [6.45, 7) is 3.64. The van der Waals surface area contributed by atoms with Gasteiger partial charge in [0, 0.05) is 12.7 Å². The topological polar surface area (TPSA) is 66.5 Å². The second-order valence-electron chi connectivity index (χ2n) is 6.52. The van der Waals surface area contributed by atoms with Gasteiger partial charge in [-0.25, -0.2) is 12.8 Å². The molecular weight excluding hydrogens is 411 g/mol. The van der Waals surface area contributed by atoms with Crippen molar-refractivity contribution in [3.8, 4) is 0 Å². The van der Waals surface area contributed by atoms with Crippen LogP contribution in [-0.4, -0.2) is 21.4 Å². The van der Waals surface area contributed by atoms with Gasteiger partial charge in [-0.15, -0.1) is 11.3 Å². The van der Waals surface area contributed by atoms with Gasteiger partial charge in [0.1, 0.15) is 15.6 Å². The zero-order valence-electron chi connectivity index (χ0n) is 16.3. The molecule has 0 bridgehead atoms. The maximum absolute atomic E-state index is 13.7. The van der Waals surface area contributed by atoms with Crippen LogP contribution in [0.4, 0.5) is 15.8 Å². The van der Waals surface area contributed by atoms with E-state index in [9.17, 15) is 17.6 Å². The first-order valence-electron chi connectivity index (χ1n) is 8.97. The number of carbonyl (C=O) groups excluding carboxylic acids is 1. The summed E-state index contributed by atoms with van der Waals surface area (Å²) in [4.78, 5) is 12.6. The molecule has 0 saturated carbocycles. The van der Waals surface area contributed by atoms with Gasteiger partial charge in [0.05, 0.1) is 5.69 Å². The monoisotopic (exact) mass is 432 g/mol. The van der Waals surface area contributed by atoms with Crippen molar-refractivity contribution in [2.75, 3.05) is 16.7 Å². The number of benzene rings is 2. The lowest BCUT2D eigenvalue weighted by molar-refractivity contribution is 0.102. The van der Waals surface area contributed by atoms with Gasteiger partial charge in [-0.2, -0.15) is 0 Å². The van der Waals surface area contributed by atoms with Crippen molar-refractivity contribution < 1.29 is 17.6 Å². The second kappa shape index (κ2) is 8.34. The molecule has 0 aliphatic rings. The van der Waals surface area contributed by atoms with Gasteiger partial charge in [-0.05, 0) is 60.2 Å². The molecule has 5 nitrogen and oxygen atoms in total. The minimum Gasteiger partial charge on any atom is -0.321 e. The fraction of sp³-hybridized carbons (Fsp3) is 0.190. The molecule has 2 aromatic carbocycles. The van der Waals surface area contributed by atoms with E-state index >= 15 is 0 Å². The number of carbonyl (C=O) groups is 1. The number of anilines is 2. The molecule has 1 N–H and O–H groups in total. The van der Waals surface area contributed by atoms with Crippen molar-refractivity contribution in [2.45, 2.75) is 25.2 Å². The molecule has 0 saturated heterocycles. The highest BCUT2D eigenvalue weighted by Crippen LogP contribution is 2.29. The predicted octanol–water partition coefficient (Wildman–Crippen LogP) is 4.84. The molecule has 8 heteroatoms. The fourth-order valence-corrected chi connectivity index (χ4v) is 5.24. The third-order valence-electron chi connectivity index (χ3n) is 4.61. The van der Waals surface area contributed by atoms with E-state index in [1.807, 2.05) is 19.1 Å². The number of nitrogens with one attached hydrogen (secondary N) is 1. The van der Waals surface area contributed by atoms with E-state index in [-0.39, 0.29) is 15.5 Å². The van der Waals surface area contributed by atoms with Crippen LogP contribution < -0.4 is 9.62 Å². The van der Waals surface area contributed by atoms with Crippen molar-refractivity contribution >= 4 is 38.6 Å². The van der Waals surface area contributed by atoms with Crippen LogP contribution in [0.1, 0.15) is 27.7 Å². The van der Waals surface area contributed by atoms with Gasteiger partial charge in [-0.3, -0.25) is 9.10 Å². The molecule has 0 aliphatic heterocycles. The minimum atomic E-state index is -3.94. The number of rotatable bonds is 6. The Morgan fingerprint density at radius 2 is 1.83 bits per heavy atom. The average molecular weight is 433 g/mol. The number of amides is 1. The zero-order valence-corrected chi connectivity index (χ0v) is 17.9. The Bertz CT molecular complexity index is 1140. The van der Waals surface area contributed by atoms with E-state index in [0.29, 0.717) is 11.3 Å². The first-order valence-corrected chi connectivity index (χ1v) is 11.3. The van der Waals surface area contributed by atoms with Crippen molar-refractivity contribution in [3.63, 3.8) is 0 Å². The summed E-state index contributed by atoms with van der Waals surface area (Å²) in [7, 11) is -2.49. The SMILES string of the molecule is CCc1ccc(N(C)S(=O)(=O)c2ccsc2C(=O)Nc2ccc(C)c(F)c2)cc1. The number of hydrogen-bond donors (Lipinski definition) is 1. The van der Waals surface area contributed by atoms with Crippen LogP contribution in [-0.2, 0) is 16.4 Å². The normalized spacial score (nSPS) is 11.3. The quantitative estimate of drug-likeness (QED) is 0.606. The van der Waals surface area contributed by atoms with Gasteiger partial charge < -0.3 is 5.32 Å². The van der Waals surface area contributed by atoms with Crippen molar-refractivity contribution in [1.82, 2.24) is 0 Å². The van der Waals surface area contributed by atoms with Crippen molar-refractivity contribution in [3.05, 3.63) is 75.7 Å². The molecule has 1 aromatic heterocycles. The Morgan fingerprint density at radius 1 is 1.14 bits per heavy atom. The zero-order chi connectivity index (χ0) is 21.2. The Morgan fingerprint density at radius 3 is 2.45 bits per heavy atom. The lowest BCUT2D eigenvalue weighted by Gasteiger charge is -2.20. The van der Waals surface area contributed by atoms with Crippen LogP contribution in [0.5, 0.6) is 0 Å². The minimum absolute atomic E-state index is 0.0445. The number of nitrogens with zero attached hydrogens (tertiary/aromatic N) is 1. The number of halogens is 1. The highest BCUT2D eigenvalue weighted by atomic mass is 32.2. The second-order valence-corrected chi connectivity index (χ2v) is 9.38. The third-order valence-corrected chi connectivity index (χ3v) is 7.48. The number of hydrogen-bond acceptors (Lipinski definition) is 4. The molecule has 0 aliphatic carbocycles. The van der Waals surface area contributed by atoms with E-state index in [4.69, 9.17) is 0 Å². The maximum Gasteiger partial charge on any atom is 0.267 e. The van der Waals surface area contributed by atoms with Crippen molar-refractivity contribution in [1.29, 1.82) is 0 Å². The summed E-state index contributed by atoms with van der Waals surface area (Å²) < 4.78 is 41.1. The first-order chi connectivity index (χ1) is 13.7. The van der Waals surface area contributed by atoms with Crippen LogP contribution in [0, 0.1) is 12.7 Å². The Balaban J connectivity index is 1.88. The molecule has 0 atom stereocenters. The summed E-state index contributed by atoms with van der Waals surface area (Å²) in [6, 6.07) is 12.9. The van der Waals surface area contributed by atoms with Gasteiger partial charge in [0.15, 0.2) is 0 Å². The lowest BCUT2D eigenvalue weighted by Crippen LogP contribution is -2.28. The molecule has 1 heterocycles. The van der Waals surface area contributed by atoms with Gasteiger partial charge >= 0.3 is 0 Å². The average Bonchev–Trinajstić information content (AvgIpc) is 3.21. The Kier molecular flexibility index (Phi) is 6.04.